The molecule has 1 fully saturated rings. The van der Waals surface area contributed by atoms with E-state index in [1.54, 1.807) is 42.5 Å². The first-order valence-corrected chi connectivity index (χ1v) is 13.2. The second-order valence-corrected chi connectivity index (χ2v) is 10.8. The van der Waals surface area contributed by atoms with Gasteiger partial charge in [-0.1, -0.05) is 67.8 Å². The molecule has 0 atom stereocenters. The van der Waals surface area contributed by atoms with Gasteiger partial charge < -0.3 is 4.74 Å². The molecule has 0 bridgehead atoms. The Kier molecular flexibility index (Phi) is 7.66. The summed E-state index contributed by atoms with van der Waals surface area (Å²) in [6.07, 6.45) is 6.14. The molecule has 1 saturated carbocycles. The second-order valence-electron chi connectivity index (χ2n) is 8.79. The van der Waals surface area contributed by atoms with Crippen LogP contribution in [0.5, 0.6) is 0 Å². The Morgan fingerprint density at radius 3 is 2.23 bits per heavy atom. The lowest BCUT2D eigenvalue weighted by Crippen LogP contribution is -2.26. The molecule has 0 aliphatic heterocycles. The summed E-state index contributed by atoms with van der Waals surface area (Å²) in [5, 5.41) is 0. The number of Topliss-reactive ketones (excluding diaryl/α,β-unsaturated/α-hetero) is 1. The van der Waals surface area contributed by atoms with Crippen LogP contribution in [0, 0.1) is 0 Å². The van der Waals surface area contributed by atoms with Crippen molar-refractivity contribution in [3.8, 4) is 0 Å². The van der Waals surface area contributed by atoms with Crippen LogP contribution < -0.4 is 4.31 Å². The predicted octanol–water partition coefficient (Wildman–Crippen LogP) is 5.60. The van der Waals surface area contributed by atoms with Crippen LogP contribution in [0.25, 0.3) is 0 Å². The first kappa shape index (κ1) is 24.7. The molecule has 0 unspecified atom stereocenters. The third-order valence-electron chi connectivity index (χ3n) is 6.49. The average Bonchev–Trinajstić information content (AvgIpc) is 2.92. The zero-order chi connectivity index (χ0) is 24.8. The summed E-state index contributed by atoms with van der Waals surface area (Å²) in [5.74, 6) is -0.507. The summed E-state index contributed by atoms with van der Waals surface area (Å²) in [6, 6.07) is 21.8. The van der Waals surface area contributed by atoms with Gasteiger partial charge in [0.25, 0.3) is 10.0 Å². The molecule has 1 aliphatic carbocycles. The number of ketones is 1. The van der Waals surface area contributed by atoms with Crippen molar-refractivity contribution < 1.29 is 22.7 Å². The molecule has 0 N–H and O–H groups in total. The third-order valence-corrected chi connectivity index (χ3v) is 8.27. The van der Waals surface area contributed by atoms with Crippen molar-refractivity contribution in [3.05, 3.63) is 95.6 Å². The highest BCUT2D eigenvalue weighted by Gasteiger charge is 2.23. The molecule has 0 saturated heterocycles. The highest BCUT2D eigenvalue weighted by Crippen LogP contribution is 2.32. The third kappa shape index (κ3) is 5.80. The maximum atomic E-state index is 13.0. The van der Waals surface area contributed by atoms with Crippen molar-refractivity contribution in [3.63, 3.8) is 0 Å². The number of carbonyl (C=O) groups excluding carboxylic acids is 2. The van der Waals surface area contributed by atoms with Crippen LogP contribution in [0.4, 0.5) is 5.69 Å². The van der Waals surface area contributed by atoms with Crippen molar-refractivity contribution in [2.45, 2.75) is 42.9 Å². The Hall–Kier alpha value is -3.45. The lowest BCUT2D eigenvalue weighted by atomic mass is 9.84. The number of hydrogen-bond donors (Lipinski definition) is 0. The zero-order valence-electron chi connectivity index (χ0n) is 19.7. The van der Waals surface area contributed by atoms with Gasteiger partial charge in [0.2, 0.25) is 0 Å². The molecule has 1 aliphatic rings. The summed E-state index contributed by atoms with van der Waals surface area (Å²) in [5.41, 5.74) is 2.29. The molecule has 6 nitrogen and oxygen atoms in total. The SMILES string of the molecule is CN(c1ccccc1)S(=O)(=O)c1cccc(C(=O)OCC(=O)c2ccc(C3CCCCC3)cc2)c1. The van der Waals surface area contributed by atoms with Gasteiger partial charge in [-0.2, -0.15) is 0 Å². The average molecular weight is 492 g/mol. The van der Waals surface area contributed by atoms with Crippen molar-refractivity contribution in [2.24, 2.45) is 0 Å². The van der Waals surface area contributed by atoms with E-state index in [-0.39, 0.29) is 16.2 Å². The summed E-state index contributed by atoms with van der Waals surface area (Å²) in [6.45, 7) is -0.414. The van der Waals surface area contributed by atoms with Crippen LogP contribution in [0.3, 0.4) is 0 Å². The zero-order valence-corrected chi connectivity index (χ0v) is 20.5. The Morgan fingerprint density at radius 1 is 0.857 bits per heavy atom. The normalized spacial score (nSPS) is 14.3. The van der Waals surface area contributed by atoms with Crippen molar-refractivity contribution in [1.29, 1.82) is 0 Å². The standard InChI is InChI=1S/C28H29NO5S/c1-29(25-12-6-3-7-13-25)35(32,33)26-14-8-11-24(19-26)28(31)34-20-27(30)23-17-15-22(16-18-23)21-9-4-2-5-10-21/h3,6-8,11-19,21H,2,4-5,9-10,20H2,1H3. The van der Waals surface area contributed by atoms with E-state index in [4.69, 9.17) is 4.74 Å². The first-order chi connectivity index (χ1) is 16.9. The van der Waals surface area contributed by atoms with Gasteiger partial charge >= 0.3 is 5.97 Å². The summed E-state index contributed by atoms with van der Waals surface area (Å²) >= 11 is 0. The Balaban J connectivity index is 1.39. The van der Waals surface area contributed by atoms with Crippen molar-refractivity contribution in [2.75, 3.05) is 18.0 Å². The topological polar surface area (TPSA) is 80.8 Å². The smallest absolute Gasteiger partial charge is 0.338 e. The van der Waals surface area contributed by atoms with E-state index in [2.05, 4.69) is 0 Å². The highest BCUT2D eigenvalue weighted by atomic mass is 32.2. The molecule has 4 rings (SSSR count). The van der Waals surface area contributed by atoms with Crippen LogP contribution in [0.15, 0.2) is 83.8 Å². The minimum Gasteiger partial charge on any atom is -0.454 e. The monoisotopic (exact) mass is 491 g/mol. The Morgan fingerprint density at radius 2 is 1.54 bits per heavy atom. The molecule has 0 amide bonds. The molecule has 0 spiro atoms. The molecule has 3 aromatic rings. The number of ether oxygens (including phenoxy) is 1. The largest absolute Gasteiger partial charge is 0.454 e. The number of carbonyl (C=O) groups is 2. The fourth-order valence-corrected chi connectivity index (χ4v) is 5.64. The van der Waals surface area contributed by atoms with Crippen LogP contribution in [-0.2, 0) is 14.8 Å². The number of hydrogen-bond acceptors (Lipinski definition) is 5. The van der Waals surface area contributed by atoms with E-state index in [9.17, 15) is 18.0 Å². The van der Waals surface area contributed by atoms with Crippen LogP contribution in [0.1, 0.15) is 64.3 Å². The lowest BCUT2D eigenvalue weighted by molar-refractivity contribution is 0.0474. The predicted molar refractivity (Wildman–Crippen MR) is 135 cm³/mol. The van der Waals surface area contributed by atoms with Gasteiger partial charge in [-0.25, -0.2) is 13.2 Å². The minimum absolute atomic E-state index is 0.0390. The maximum Gasteiger partial charge on any atom is 0.338 e. The molecule has 182 valence electrons. The highest BCUT2D eigenvalue weighted by molar-refractivity contribution is 7.92. The van der Waals surface area contributed by atoms with E-state index in [1.807, 2.05) is 12.1 Å². The van der Waals surface area contributed by atoms with Gasteiger partial charge in [0.05, 0.1) is 16.1 Å². The van der Waals surface area contributed by atoms with E-state index < -0.39 is 22.6 Å². The van der Waals surface area contributed by atoms with Crippen LogP contribution in [0.2, 0.25) is 0 Å². The van der Waals surface area contributed by atoms with Gasteiger partial charge in [0.15, 0.2) is 12.4 Å². The molecule has 0 heterocycles. The number of nitrogens with zero attached hydrogens (tertiary/aromatic N) is 1. The fraction of sp³-hybridized carbons (Fsp3) is 0.286. The number of anilines is 1. The van der Waals surface area contributed by atoms with Gasteiger partial charge in [0, 0.05) is 12.6 Å². The summed E-state index contributed by atoms with van der Waals surface area (Å²) < 4.78 is 32.4. The van der Waals surface area contributed by atoms with E-state index in [0.717, 1.165) is 4.31 Å². The number of sulfonamides is 1. The minimum atomic E-state index is -3.88. The Labute approximate surface area is 206 Å². The molecular weight excluding hydrogens is 462 g/mol. The second kappa shape index (κ2) is 10.9. The fourth-order valence-electron chi connectivity index (χ4n) is 4.39. The number of rotatable bonds is 8. The van der Waals surface area contributed by atoms with E-state index in [0.29, 0.717) is 17.2 Å². The molecule has 3 aromatic carbocycles. The van der Waals surface area contributed by atoms with Gasteiger partial charge in [-0.05, 0) is 54.7 Å². The van der Waals surface area contributed by atoms with Crippen molar-refractivity contribution >= 4 is 27.5 Å². The molecule has 7 heteroatoms. The molecule has 35 heavy (non-hydrogen) atoms. The van der Waals surface area contributed by atoms with E-state index >= 15 is 0 Å². The molecular formula is C28H29NO5S. The quantitative estimate of drug-likeness (QED) is 0.303. The first-order valence-electron chi connectivity index (χ1n) is 11.8. The van der Waals surface area contributed by atoms with Crippen molar-refractivity contribution in [1.82, 2.24) is 0 Å². The van der Waals surface area contributed by atoms with Gasteiger partial charge in [-0.3, -0.25) is 9.10 Å². The molecule has 0 aromatic heterocycles. The number of esters is 1. The summed E-state index contributed by atoms with van der Waals surface area (Å²) in [7, 11) is -2.43. The van der Waals surface area contributed by atoms with Gasteiger partial charge in [-0.15, -0.1) is 0 Å². The Bertz CT molecular complexity index is 1280. The number of benzene rings is 3. The summed E-state index contributed by atoms with van der Waals surface area (Å²) in [4.78, 5) is 25.1. The van der Waals surface area contributed by atoms with Gasteiger partial charge in [0.1, 0.15) is 0 Å². The lowest BCUT2D eigenvalue weighted by Gasteiger charge is -2.22. The maximum absolute atomic E-state index is 13.0. The van der Waals surface area contributed by atoms with Crippen LogP contribution in [-0.4, -0.2) is 33.8 Å². The van der Waals surface area contributed by atoms with Crippen LogP contribution >= 0.6 is 0 Å². The van der Waals surface area contributed by atoms with E-state index in [1.165, 1.54) is 69.0 Å². The molecule has 0 radical (unpaired) electrons. The number of para-hydroxylation sites is 1.